The maximum atomic E-state index is 11.7. The lowest BCUT2D eigenvalue weighted by Gasteiger charge is -2.17. The Morgan fingerprint density at radius 1 is 1.45 bits per heavy atom. The van der Waals surface area contributed by atoms with Crippen LogP contribution in [-0.4, -0.2) is 35.6 Å². The fourth-order valence-electron chi connectivity index (χ4n) is 1.64. The van der Waals surface area contributed by atoms with Gasteiger partial charge in [-0.2, -0.15) is 11.8 Å². The Morgan fingerprint density at radius 2 is 2.05 bits per heavy atom. The van der Waals surface area contributed by atoms with Crippen molar-refractivity contribution in [2.75, 3.05) is 18.6 Å². The number of carbonyl (C=O) groups excluding carboxylic acids is 1. The molecule has 0 fully saturated rings. The Morgan fingerprint density at radius 3 is 2.60 bits per heavy atom. The van der Waals surface area contributed by atoms with E-state index in [2.05, 4.69) is 5.32 Å². The van der Waals surface area contributed by atoms with Crippen LogP contribution in [0.3, 0.4) is 0 Å². The van der Waals surface area contributed by atoms with Gasteiger partial charge in [0.25, 0.3) is 0 Å². The first-order chi connectivity index (χ1) is 9.47. The lowest BCUT2D eigenvalue weighted by Crippen LogP contribution is -2.42. The predicted molar refractivity (Wildman–Crippen MR) is 85.4 cm³/mol. The number of halogens is 2. The molecular formula is C13H18Cl2N2O2S. The summed E-state index contributed by atoms with van der Waals surface area (Å²) in [5.41, 5.74) is 6.14. The molecular weight excluding hydrogens is 319 g/mol. The molecule has 0 saturated heterocycles. The summed E-state index contributed by atoms with van der Waals surface area (Å²) in [5, 5.41) is 13.4. The van der Waals surface area contributed by atoms with Crippen LogP contribution in [0.2, 0.25) is 10.0 Å². The fraction of sp³-hybridized carbons (Fsp3) is 0.462. The number of hydrogen-bond acceptors (Lipinski definition) is 4. The predicted octanol–water partition coefficient (Wildman–Crippen LogP) is 2.22. The quantitative estimate of drug-likeness (QED) is 0.713. The molecule has 7 heteroatoms. The molecule has 112 valence electrons. The average Bonchev–Trinajstić information content (AvgIpc) is 2.41. The fourth-order valence-corrected chi connectivity index (χ4v) is 2.77. The summed E-state index contributed by atoms with van der Waals surface area (Å²) in [4.78, 5) is 11.7. The largest absolute Gasteiger partial charge is 0.386 e. The minimum atomic E-state index is -0.965. The first-order valence-electron chi connectivity index (χ1n) is 6.11. The van der Waals surface area contributed by atoms with Crippen molar-refractivity contribution in [3.05, 3.63) is 33.8 Å². The molecule has 0 heterocycles. The second kappa shape index (κ2) is 8.74. The first-order valence-corrected chi connectivity index (χ1v) is 8.26. The molecule has 20 heavy (non-hydrogen) atoms. The minimum Gasteiger partial charge on any atom is -0.386 e. The average molecular weight is 337 g/mol. The molecule has 0 aliphatic rings. The van der Waals surface area contributed by atoms with Gasteiger partial charge in [0.05, 0.1) is 12.1 Å². The molecule has 0 bridgehead atoms. The molecule has 0 aliphatic heterocycles. The molecule has 0 spiro atoms. The normalized spacial score (nSPS) is 13.8. The van der Waals surface area contributed by atoms with Crippen LogP contribution in [0.4, 0.5) is 0 Å². The highest BCUT2D eigenvalue weighted by molar-refractivity contribution is 7.98. The molecule has 4 N–H and O–H groups in total. The zero-order chi connectivity index (χ0) is 15.1. The van der Waals surface area contributed by atoms with Crippen molar-refractivity contribution < 1.29 is 9.90 Å². The highest BCUT2D eigenvalue weighted by atomic mass is 35.5. The molecule has 4 nitrogen and oxygen atoms in total. The SMILES string of the molecule is CSCC[C@H](N)C(=O)NCC(O)c1c(Cl)cccc1Cl. The summed E-state index contributed by atoms with van der Waals surface area (Å²) >= 11 is 13.6. The Balaban J connectivity index is 2.55. The Bertz CT molecular complexity index is 440. The van der Waals surface area contributed by atoms with Crippen LogP contribution in [-0.2, 0) is 4.79 Å². The van der Waals surface area contributed by atoms with E-state index in [0.717, 1.165) is 5.75 Å². The molecule has 1 aromatic rings. The molecule has 1 rings (SSSR count). The number of aliphatic hydroxyl groups excluding tert-OH is 1. The van der Waals surface area contributed by atoms with Gasteiger partial charge in [-0.1, -0.05) is 29.3 Å². The zero-order valence-electron chi connectivity index (χ0n) is 11.1. The van der Waals surface area contributed by atoms with Crippen molar-refractivity contribution in [3.8, 4) is 0 Å². The van der Waals surface area contributed by atoms with E-state index in [-0.39, 0.29) is 12.5 Å². The van der Waals surface area contributed by atoms with Crippen molar-refractivity contribution in [1.82, 2.24) is 5.32 Å². The van der Waals surface area contributed by atoms with Crippen molar-refractivity contribution in [1.29, 1.82) is 0 Å². The zero-order valence-corrected chi connectivity index (χ0v) is 13.4. The van der Waals surface area contributed by atoms with Gasteiger partial charge in [-0.3, -0.25) is 4.79 Å². The van der Waals surface area contributed by atoms with Gasteiger partial charge in [-0.05, 0) is 30.6 Å². The third kappa shape index (κ3) is 5.14. The van der Waals surface area contributed by atoms with Gasteiger partial charge in [0.2, 0.25) is 5.91 Å². The van der Waals surface area contributed by atoms with Crippen LogP contribution in [0.15, 0.2) is 18.2 Å². The molecule has 1 aromatic carbocycles. The van der Waals surface area contributed by atoms with E-state index in [9.17, 15) is 9.90 Å². The second-order valence-corrected chi connectivity index (χ2v) is 6.08. The maximum absolute atomic E-state index is 11.7. The number of nitrogens with two attached hydrogens (primary N) is 1. The summed E-state index contributed by atoms with van der Waals surface area (Å²) < 4.78 is 0. The Kier molecular flexibility index (Phi) is 7.69. The molecule has 0 radical (unpaired) electrons. The summed E-state index contributed by atoms with van der Waals surface area (Å²) in [7, 11) is 0. The van der Waals surface area contributed by atoms with E-state index in [1.54, 1.807) is 30.0 Å². The van der Waals surface area contributed by atoms with E-state index in [1.165, 1.54) is 0 Å². The van der Waals surface area contributed by atoms with Crippen molar-refractivity contribution in [3.63, 3.8) is 0 Å². The van der Waals surface area contributed by atoms with Crippen molar-refractivity contribution in [2.45, 2.75) is 18.6 Å². The van der Waals surface area contributed by atoms with Gasteiger partial charge in [-0.25, -0.2) is 0 Å². The summed E-state index contributed by atoms with van der Waals surface area (Å²) in [6.07, 6.45) is 1.58. The number of amides is 1. The third-order valence-electron chi connectivity index (χ3n) is 2.77. The Labute approximate surface area is 133 Å². The summed E-state index contributed by atoms with van der Waals surface area (Å²) in [6.45, 7) is 0.0231. The van der Waals surface area contributed by atoms with Gasteiger partial charge in [-0.15, -0.1) is 0 Å². The lowest BCUT2D eigenvalue weighted by molar-refractivity contribution is -0.122. The first kappa shape index (κ1) is 17.6. The number of benzene rings is 1. The smallest absolute Gasteiger partial charge is 0.237 e. The van der Waals surface area contributed by atoms with Crippen molar-refractivity contribution >= 4 is 40.9 Å². The molecule has 0 aliphatic carbocycles. The van der Waals surface area contributed by atoms with Crippen LogP contribution < -0.4 is 11.1 Å². The van der Waals surface area contributed by atoms with Crippen LogP contribution in [0.1, 0.15) is 18.1 Å². The number of aliphatic hydroxyl groups is 1. The second-order valence-electron chi connectivity index (χ2n) is 4.28. The molecule has 0 saturated carbocycles. The van der Waals surface area contributed by atoms with E-state index >= 15 is 0 Å². The van der Waals surface area contributed by atoms with Crippen LogP contribution in [0, 0.1) is 0 Å². The summed E-state index contributed by atoms with van der Waals surface area (Å²) in [5.74, 6) is 0.522. The number of hydrogen-bond donors (Lipinski definition) is 3. The standard InChI is InChI=1S/C13H18Cl2N2O2S/c1-20-6-5-10(16)13(19)17-7-11(18)12-8(14)3-2-4-9(12)15/h2-4,10-11,18H,5-7,16H2,1H3,(H,17,19)/t10-,11?/m0/s1. The molecule has 2 atom stereocenters. The van der Waals surface area contributed by atoms with Crippen LogP contribution in [0.5, 0.6) is 0 Å². The topological polar surface area (TPSA) is 75.4 Å². The van der Waals surface area contributed by atoms with Gasteiger partial charge in [0.15, 0.2) is 0 Å². The monoisotopic (exact) mass is 336 g/mol. The number of nitrogens with one attached hydrogen (secondary N) is 1. The summed E-state index contributed by atoms with van der Waals surface area (Å²) in [6, 6.07) is 4.39. The number of carbonyl (C=O) groups is 1. The van der Waals surface area contributed by atoms with Gasteiger partial charge >= 0.3 is 0 Å². The number of rotatable bonds is 7. The maximum Gasteiger partial charge on any atom is 0.237 e. The lowest BCUT2D eigenvalue weighted by atomic mass is 10.1. The van der Waals surface area contributed by atoms with E-state index in [4.69, 9.17) is 28.9 Å². The van der Waals surface area contributed by atoms with E-state index in [0.29, 0.717) is 22.0 Å². The van der Waals surface area contributed by atoms with Gasteiger partial charge in [0.1, 0.15) is 0 Å². The molecule has 1 amide bonds. The van der Waals surface area contributed by atoms with Crippen LogP contribution in [0.25, 0.3) is 0 Å². The van der Waals surface area contributed by atoms with Gasteiger partial charge in [0, 0.05) is 22.2 Å². The third-order valence-corrected chi connectivity index (χ3v) is 4.08. The van der Waals surface area contributed by atoms with Crippen LogP contribution >= 0.6 is 35.0 Å². The van der Waals surface area contributed by atoms with Gasteiger partial charge < -0.3 is 16.2 Å². The minimum absolute atomic E-state index is 0.0231. The van der Waals surface area contributed by atoms with E-state index in [1.807, 2.05) is 6.26 Å². The number of thioether (sulfide) groups is 1. The Hall–Kier alpha value is -0.460. The molecule has 1 unspecified atom stereocenters. The molecule has 0 aromatic heterocycles. The van der Waals surface area contributed by atoms with Crippen molar-refractivity contribution in [2.24, 2.45) is 5.73 Å². The highest BCUT2D eigenvalue weighted by Gasteiger charge is 2.18. The van der Waals surface area contributed by atoms with E-state index < -0.39 is 12.1 Å². The highest BCUT2D eigenvalue weighted by Crippen LogP contribution is 2.29.